The lowest BCUT2D eigenvalue weighted by atomic mass is 9.96. The molecule has 162 valence electrons. The molecule has 1 aliphatic rings. The quantitative estimate of drug-likeness (QED) is 0.628. The van der Waals surface area contributed by atoms with Crippen molar-refractivity contribution in [2.24, 2.45) is 5.92 Å². The van der Waals surface area contributed by atoms with Gasteiger partial charge in [-0.15, -0.1) is 0 Å². The maximum Gasteiger partial charge on any atom is 0.261 e. The number of aromatic nitrogens is 2. The summed E-state index contributed by atoms with van der Waals surface area (Å²) in [5, 5.41) is 0.553. The molecule has 2 aromatic carbocycles. The predicted molar refractivity (Wildman–Crippen MR) is 114 cm³/mol. The summed E-state index contributed by atoms with van der Waals surface area (Å²) < 4.78 is 25.7. The van der Waals surface area contributed by atoms with Crippen molar-refractivity contribution in [3.63, 3.8) is 0 Å². The lowest BCUT2D eigenvalue weighted by molar-refractivity contribution is 0.0681. The third-order valence-corrected chi connectivity index (χ3v) is 5.79. The normalized spacial score (nSPS) is 14.6. The molecule has 0 radical (unpaired) electrons. The molecule has 0 unspecified atom stereocenters. The van der Waals surface area contributed by atoms with E-state index in [0.29, 0.717) is 41.9 Å². The minimum Gasteiger partial charge on any atom is -0.497 e. The van der Waals surface area contributed by atoms with Crippen molar-refractivity contribution < 1.29 is 18.7 Å². The molecule has 1 saturated heterocycles. The molecule has 3 aromatic rings. The first kappa shape index (κ1) is 20.8. The summed E-state index contributed by atoms with van der Waals surface area (Å²) >= 11 is 0. The van der Waals surface area contributed by atoms with E-state index >= 15 is 0 Å². The molecule has 1 aromatic heterocycles. The number of rotatable bonds is 5. The first-order chi connectivity index (χ1) is 15.0. The van der Waals surface area contributed by atoms with E-state index in [-0.39, 0.29) is 23.1 Å². The van der Waals surface area contributed by atoms with Gasteiger partial charge >= 0.3 is 0 Å². The average Bonchev–Trinajstić information content (AvgIpc) is 2.80. The van der Waals surface area contributed by atoms with Crippen molar-refractivity contribution in [2.45, 2.75) is 19.4 Å². The molecule has 0 bridgehead atoms. The van der Waals surface area contributed by atoms with E-state index in [0.717, 1.165) is 12.8 Å². The maximum atomic E-state index is 13.9. The van der Waals surface area contributed by atoms with Crippen LogP contribution in [0.4, 0.5) is 4.39 Å². The monoisotopic (exact) mass is 425 g/mol. The van der Waals surface area contributed by atoms with E-state index in [1.807, 2.05) is 0 Å². The Kier molecular flexibility index (Phi) is 5.88. The lowest BCUT2D eigenvalue weighted by Gasteiger charge is -2.32. The molecule has 1 aliphatic heterocycles. The van der Waals surface area contributed by atoms with Gasteiger partial charge in [-0.25, -0.2) is 9.37 Å². The highest BCUT2D eigenvalue weighted by Crippen LogP contribution is 2.23. The largest absolute Gasteiger partial charge is 0.497 e. The van der Waals surface area contributed by atoms with Gasteiger partial charge in [-0.05, 0) is 49.1 Å². The van der Waals surface area contributed by atoms with Crippen LogP contribution in [0.2, 0.25) is 0 Å². The van der Waals surface area contributed by atoms with Gasteiger partial charge in [0.2, 0.25) is 0 Å². The number of carbonyl (C=O) groups is 1. The zero-order valence-electron chi connectivity index (χ0n) is 17.5. The highest BCUT2D eigenvalue weighted by Gasteiger charge is 2.25. The third-order valence-electron chi connectivity index (χ3n) is 5.79. The van der Waals surface area contributed by atoms with E-state index in [1.54, 1.807) is 47.2 Å². The number of fused-ring (bicyclic) bond motifs is 1. The van der Waals surface area contributed by atoms with Gasteiger partial charge in [-0.3, -0.25) is 14.2 Å². The van der Waals surface area contributed by atoms with Crippen LogP contribution in [0.25, 0.3) is 10.9 Å². The number of hydrogen-bond donors (Lipinski definition) is 0. The first-order valence-corrected chi connectivity index (χ1v) is 10.2. The molecule has 0 atom stereocenters. The van der Waals surface area contributed by atoms with E-state index < -0.39 is 5.82 Å². The Morgan fingerprint density at radius 1 is 1.13 bits per heavy atom. The molecular formula is C23H24FN3O4. The molecule has 1 fully saturated rings. The highest BCUT2D eigenvalue weighted by molar-refractivity contribution is 5.94. The number of nitrogens with zero attached hydrogens (tertiary/aromatic N) is 3. The van der Waals surface area contributed by atoms with Crippen LogP contribution in [-0.2, 0) is 6.54 Å². The van der Waals surface area contributed by atoms with Crippen LogP contribution >= 0.6 is 0 Å². The van der Waals surface area contributed by atoms with Crippen LogP contribution in [0.5, 0.6) is 11.5 Å². The molecule has 8 heteroatoms. The highest BCUT2D eigenvalue weighted by atomic mass is 19.1. The Labute approximate surface area is 179 Å². The molecule has 0 saturated carbocycles. The van der Waals surface area contributed by atoms with Crippen LogP contribution in [0.3, 0.4) is 0 Å². The number of amides is 1. The van der Waals surface area contributed by atoms with Gasteiger partial charge in [0, 0.05) is 31.3 Å². The Morgan fingerprint density at radius 3 is 2.58 bits per heavy atom. The van der Waals surface area contributed by atoms with Gasteiger partial charge in [0.25, 0.3) is 11.5 Å². The van der Waals surface area contributed by atoms with Crippen molar-refractivity contribution in [3.8, 4) is 11.5 Å². The molecule has 2 heterocycles. The maximum absolute atomic E-state index is 13.9. The Balaban J connectivity index is 1.41. The number of methoxy groups -OCH3 is 2. The number of ether oxygens (including phenoxy) is 2. The summed E-state index contributed by atoms with van der Waals surface area (Å²) in [4.78, 5) is 31.6. The fourth-order valence-corrected chi connectivity index (χ4v) is 3.97. The summed E-state index contributed by atoms with van der Waals surface area (Å²) in [7, 11) is 2.96. The van der Waals surface area contributed by atoms with Gasteiger partial charge in [0.1, 0.15) is 5.75 Å². The molecule has 7 nitrogen and oxygen atoms in total. The minimum absolute atomic E-state index is 0.0835. The fraction of sp³-hybridized carbons (Fsp3) is 0.348. The fourth-order valence-electron chi connectivity index (χ4n) is 3.97. The second-order valence-electron chi connectivity index (χ2n) is 7.67. The third kappa shape index (κ3) is 4.23. The summed E-state index contributed by atoms with van der Waals surface area (Å²) in [5.74, 6) is 0.281. The van der Waals surface area contributed by atoms with E-state index in [2.05, 4.69) is 4.98 Å². The number of carbonyl (C=O) groups excluding carboxylic acids is 1. The number of piperidine rings is 1. The molecule has 0 N–H and O–H groups in total. The number of halogens is 1. The van der Waals surface area contributed by atoms with Gasteiger partial charge in [-0.2, -0.15) is 0 Å². The Morgan fingerprint density at radius 2 is 1.90 bits per heavy atom. The number of hydrogen-bond acceptors (Lipinski definition) is 5. The molecule has 1 amide bonds. The molecule has 0 aliphatic carbocycles. The van der Waals surface area contributed by atoms with E-state index in [4.69, 9.17) is 9.47 Å². The average molecular weight is 425 g/mol. The van der Waals surface area contributed by atoms with Gasteiger partial charge in [0.05, 0.1) is 31.4 Å². The van der Waals surface area contributed by atoms with Crippen molar-refractivity contribution in [2.75, 3.05) is 27.3 Å². The second kappa shape index (κ2) is 8.75. The van der Waals surface area contributed by atoms with Crippen molar-refractivity contribution in [1.29, 1.82) is 0 Å². The van der Waals surface area contributed by atoms with Crippen LogP contribution < -0.4 is 15.0 Å². The van der Waals surface area contributed by atoms with Crippen LogP contribution in [-0.4, -0.2) is 47.7 Å². The summed E-state index contributed by atoms with van der Waals surface area (Å²) in [6.45, 7) is 1.67. The molecule has 31 heavy (non-hydrogen) atoms. The van der Waals surface area contributed by atoms with E-state index in [9.17, 15) is 14.0 Å². The van der Waals surface area contributed by atoms with Crippen LogP contribution in [0, 0.1) is 11.7 Å². The number of benzene rings is 2. The standard InChI is InChI=1S/C23H24FN3O4/c1-30-17-4-5-18-20(12-17)25-14-27(23(18)29)13-15-7-9-26(10-8-15)22(28)16-3-6-21(31-2)19(24)11-16/h3-6,11-12,14-15H,7-10,13H2,1-2H3. The number of likely N-dealkylation sites (tertiary alicyclic amines) is 1. The van der Waals surface area contributed by atoms with Gasteiger partial charge in [-0.1, -0.05) is 0 Å². The van der Waals surface area contributed by atoms with Crippen molar-refractivity contribution in [1.82, 2.24) is 14.5 Å². The summed E-state index contributed by atoms with van der Waals surface area (Å²) in [6, 6.07) is 9.47. The topological polar surface area (TPSA) is 73.7 Å². The van der Waals surface area contributed by atoms with Gasteiger partial charge < -0.3 is 14.4 Å². The Bertz CT molecular complexity index is 1170. The Hall–Kier alpha value is -3.42. The smallest absolute Gasteiger partial charge is 0.261 e. The van der Waals surface area contributed by atoms with Crippen LogP contribution in [0.15, 0.2) is 47.5 Å². The summed E-state index contributed by atoms with van der Waals surface area (Å²) in [6.07, 6.45) is 3.09. The van der Waals surface area contributed by atoms with Gasteiger partial charge in [0.15, 0.2) is 11.6 Å². The SMILES string of the molecule is COc1ccc2c(=O)n(CC3CCN(C(=O)c4ccc(OC)c(F)c4)CC3)cnc2c1. The molecule has 4 rings (SSSR count). The zero-order valence-corrected chi connectivity index (χ0v) is 17.5. The van der Waals surface area contributed by atoms with E-state index in [1.165, 1.54) is 19.2 Å². The first-order valence-electron chi connectivity index (χ1n) is 10.2. The zero-order chi connectivity index (χ0) is 22.0. The van der Waals surface area contributed by atoms with Crippen molar-refractivity contribution in [3.05, 3.63) is 64.5 Å². The summed E-state index contributed by atoms with van der Waals surface area (Å²) in [5.41, 5.74) is 0.828. The lowest BCUT2D eigenvalue weighted by Crippen LogP contribution is -2.40. The van der Waals surface area contributed by atoms with Crippen molar-refractivity contribution >= 4 is 16.8 Å². The molecule has 0 spiro atoms. The minimum atomic E-state index is -0.552. The second-order valence-corrected chi connectivity index (χ2v) is 7.67. The van der Waals surface area contributed by atoms with Crippen LogP contribution in [0.1, 0.15) is 23.2 Å². The predicted octanol–water partition coefficient (Wildman–Crippen LogP) is 3.11. The molecular weight excluding hydrogens is 401 g/mol.